The molecular weight excluding hydrogens is 460 g/mol. The normalized spacial score (nSPS) is 21.2. The molecule has 2 aliphatic heterocycles. The van der Waals surface area contributed by atoms with Crippen LogP contribution < -0.4 is 0 Å². The fraction of sp³-hybridized carbons (Fsp3) is 0.333. The van der Waals surface area contributed by atoms with Crippen molar-refractivity contribution in [3.63, 3.8) is 0 Å². The van der Waals surface area contributed by atoms with Crippen LogP contribution in [0, 0.1) is 0 Å². The first kappa shape index (κ1) is 24.1. The molecule has 0 aliphatic carbocycles. The first-order valence-corrected chi connectivity index (χ1v) is 12.3. The van der Waals surface area contributed by atoms with E-state index >= 15 is 0 Å². The van der Waals surface area contributed by atoms with Gasteiger partial charge in [-0.15, -0.1) is 0 Å². The summed E-state index contributed by atoms with van der Waals surface area (Å²) in [5.41, 5.74) is 0.869. The van der Waals surface area contributed by atoms with Gasteiger partial charge in [-0.05, 0) is 29.8 Å². The number of Topliss-reactive ketones (excluding diaryl/α,β-unsaturated/α-hetero) is 1. The molecule has 0 bridgehead atoms. The van der Waals surface area contributed by atoms with Gasteiger partial charge in [-0.1, -0.05) is 30.3 Å². The molecule has 2 aliphatic rings. The third kappa shape index (κ3) is 4.49. The standard InChI is InChI=1S/C24H26N2O7S/c1-32-14-13-26-21(17-5-3-2-4-6-17)20(23(28)24(26)29)22(27)18-7-9-19(10-8-18)34(30,31)25-11-15-33-16-12-25/h2-10,21,27H,11-16H2,1H3/b22-20-. The smallest absolute Gasteiger partial charge is 0.295 e. The number of aliphatic hydroxyl groups excluding tert-OH is 1. The minimum atomic E-state index is -3.70. The molecule has 2 aromatic rings. The lowest BCUT2D eigenvalue weighted by Gasteiger charge is -2.26. The molecule has 2 heterocycles. The van der Waals surface area contributed by atoms with E-state index in [9.17, 15) is 23.1 Å². The highest BCUT2D eigenvalue weighted by Crippen LogP contribution is 2.39. The summed E-state index contributed by atoms with van der Waals surface area (Å²) in [6.07, 6.45) is 0. The summed E-state index contributed by atoms with van der Waals surface area (Å²) in [6.45, 7) is 1.61. The first-order chi connectivity index (χ1) is 16.4. The second-order valence-corrected chi connectivity index (χ2v) is 9.87. The maximum atomic E-state index is 12.9. The minimum absolute atomic E-state index is 0.0453. The molecule has 1 N–H and O–H groups in total. The number of morpholine rings is 1. The minimum Gasteiger partial charge on any atom is -0.507 e. The summed E-state index contributed by atoms with van der Waals surface area (Å²) in [6, 6.07) is 13.8. The maximum Gasteiger partial charge on any atom is 0.295 e. The van der Waals surface area contributed by atoms with Crippen molar-refractivity contribution in [3.8, 4) is 0 Å². The third-order valence-corrected chi connectivity index (χ3v) is 7.84. The zero-order chi connectivity index (χ0) is 24.3. The van der Waals surface area contributed by atoms with Crippen LogP contribution in [0.3, 0.4) is 0 Å². The van der Waals surface area contributed by atoms with E-state index in [1.807, 2.05) is 6.07 Å². The lowest BCUT2D eigenvalue weighted by atomic mass is 9.95. The summed E-state index contributed by atoms with van der Waals surface area (Å²) in [5.74, 6) is -1.88. The van der Waals surface area contributed by atoms with Crippen LogP contribution in [0.25, 0.3) is 5.76 Å². The van der Waals surface area contributed by atoms with Crippen molar-refractivity contribution in [1.82, 2.24) is 9.21 Å². The predicted octanol–water partition coefficient (Wildman–Crippen LogP) is 1.78. The van der Waals surface area contributed by atoms with E-state index in [4.69, 9.17) is 9.47 Å². The average molecular weight is 487 g/mol. The van der Waals surface area contributed by atoms with Gasteiger partial charge in [-0.3, -0.25) is 9.59 Å². The van der Waals surface area contributed by atoms with E-state index in [0.29, 0.717) is 18.8 Å². The van der Waals surface area contributed by atoms with E-state index in [2.05, 4.69) is 0 Å². The molecule has 1 atom stereocenters. The number of ketones is 1. The van der Waals surface area contributed by atoms with Crippen molar-refractivity contribution < 1.29 is 32.6 Å². The van der Waals surface area contributed by atoms with Gasteiger partial charge >= 0.3 is 0 Å². The van der Waals surface area contributed by atoms with Gasteiger partial charge in [-0.25, -0.2) is 8.42 Å². The number of rotatable bonds is 7. The van der Waals surface area contributed by atoms with Crippen molar-refractivity contribution in [2.45, 2.75) is 10.9 Å². The largest absolute Gasteiger partial charge is 0.507 e. The SMILES string of the molecule is COCCN1C(=O)C(=O)/C(=C(\O)c2ccc(S(=O)(=O)N3CCOCC3)cc2)C1c1ccccc1. The number of benzene rings is 2. The molecule has 2 aromatic carbocycles. The lowest BCUT2D eigenvalue weighted by Crippen LogP contribution is -2.40. The van der Waals surface area contributed by atoms with Gasteiger partial charge in [0.15, 0.2) is 0 Å². The van der Waals surface area contributed by atoms with Gasteiger partial charge in [0.2, 0.25) is 10.0 Å². The Bertz CT molecular complexity index is 1190. The second-order valence-electron chi connectivity index (χ2n) is 7.94. The van der Waals surface area contributed by atoms with Crippen molar-refractivity contribution in [3.05, 3.63) is 71.3 Å². The van der Waals surface area contributed by atoms with E-state index in [-0.39, 0.29) is 48.0 Å². The fourth-order valence-electron chi connectivity index (χ4n) is 4.16. The molecule has 0 radical (unpaired) electrons. The molecule has 4 rings (SSSR count). The lowest BCUT2D eigenvalue weighted by molar-refractivity contribution is -0.140. The molecule has 0 saturated carbocycles. The quantitative estimate of drug-likeness (QED) is 0.361. The molecular formula is C24H26N2O7S. The topological polar surface area (TPSA) is 113 Å². The number of amides is 1. The molecule has 2 fully saturated rings. The number of carbonyl (C=O) groups is 2. The number of aliphatic hydroxyl groups is 1. The van der Waals surface area contributed by atoms with Gasteiger partial charge in [0.05, 0.1) is 36.3 Å². The molecule has 2 saturated heterocycles. The van der Waals surface area contributed by atoms with Crippen LogP contribution in [-0.2, 0) is 29.1 Å². The van der Waals surface area contributed by atoms with Crippen molar-refractivity contribution in [1.29, 1.82) is 0 Å². The van der Waals surface area contributed by atoms with Crippen LogP contribution in [0.15, 0.2) is 65.1 Å². The first-order valence-electron chi connectivity index (χ1n) is 10.9. The Morgan fingerprint density at radius 3 is 2.32 bits per heavy atom. The third-order valence-electron chi connectivity index (χ3n) is 5.93. The highest BCUT2D eigenvalue weighted by Gasteiger charge is 2.45. The van der Waals surface area contributed by atoms with Crippen molar-refractivity contribution in [2.24, 2.45) is 0 Å². The Labute approximate surface area is 198 Å². The number of methoxy groups -OCH3 is 1. The van der Waals surface area contributed by atoms with Crippen LogP contribution >= 0.6 is 0 Å². The number of hydrogen-bond acceptors (Lipinski definition) is 7. The van der Waals surface area contributed by atoms with Gasteiger partial charge in [0, 0.05) is 32.3 Å². The summed E-state index contributed by atoms with van der Waals surface area (Å²) >= 11 is 0. The van der Waals surface area contributed by atoms with Crippen molar-refractivity contribution >= 4 is 27.5 Å². The summed E-state index contributed by atoms with van der Waals surface area (Å²) < 4.78 is 37.4. The number of carbonyl (C=O) groups excluding carboxylic acids is 2. The summed E-state index contributed by atoms with van der Waals surface area (Å²) in [4.78, 5) is 27.2. The van der Waals surface area contributed by atoms with Crippen LogP contribution in [0.1, 0.15) is 17.2 Å². The Kier molecular flexibility index (Phi) is 7.13. The van der Waals surface area contributed by atoms with Gasteiger partial charge < -0.3 is 19.5 Å². The van der Waals surface area contributed by atoms with Gasteiger partial charge in [0.25, 0.3) is 11.7 Å². The zero-order valence-electron chi connectivity index (χ0n) is 18.7. The molecule has 34 heavy (non-hydrogen) atoms. The number of hydrogen-bond donors (Lipinski definition) is 1. The Morgan fingerprint density at radius 2 is 1.71 bits per heavy atom. The van der Waals surface area contributed by atoms with Crippen LogP contribution in [0.5, 0.6) is 0 Å². The monoisotopic (exact) mass is 486 g/mol. The molecule has 1 amide bonds. The number of ether oxygens (including phenoxy) is 2. The van der Waals surface area contributed by atoms with Crippen molar-refractivity contribution in [2.75, 3.05) is 46.6 Å². The Balaban J connectivity index is 1.72. The molecule has 10 heteroatoms. The summed E-state index contributed by atoms with van der Waals surface area (Å²) in [7, 11) is -2.20. The molecule has 180 valence electrons. The molecule has 0 aromatic heterocycles. The van der Waals surface area contributed by atoms with E-state index in [1.54, 1.807) is 24.3 Å². The van der Waals surface area contributed by atoms with Gasteiger partial charge in [0.1, 0.15) is 5.76 Å². The van der Waals surface area contributed by atoms with Crippen LogP contribution in [0.2, 0.25) is 0 Å². The maximum absolute atomic E-state index is 12.9. The average Bonchev–Trinajstić information content (AvgIpc) is 3.13. The van der Waals surface area contributed by atoms with Gasteiger partial charge in [-0.2, -0.15) is 4.31 Å². The number of likely N-dealkylation sites (tertiary alicyclic amines) is 1. The van der Waals surface area contributed by atoms with E-state index in [1.165, 1.54) is 40.6 Å². The van der Waals surface area contributed by atoms with Crippen LogP contribution in [-0.4, -0.2) is 81.0 Å². The zero-order valence-corrected chi connectivity index (χ0v) is 19.5. The van der Waals surface area contributed by atoms with Crippen LogP contribution in [0.4, 0.5) is 0 Å². The van der Waals surface area contributed by atoms with E-state index in [0.717, 1.165) is 0 Å². The summed E-state index contributed by atoms with van der Waals surface area (Å²) in [5, 5.41) is 11.1. The fourth-order valence-corrected chi connectivity index (χ4v) is 5.57. The predicted molar refractivity (Wildman–Crippen MR) is 123 cm³/mol. The molecule has 9 nitrogen and oxygen atoms in total. The Morgan fingerprint density at radius 1 is 1.06 bits per heavy atom. The number of nitrogens with zero attached hydrogens (tertiary/aromatic N) is 2. The number of sulfonamides is 1. The second kappa shape index (κ2) is 10.1. The van der Waals surface area contributed by atoms with E-state index < -0.39 is 27.8 Å². The Hall–Kier alpha value is -3.05. The highest BCUT2D eigenvalue weighted by atomic mass is 32.2. The molecule has 0 spiro atoms. The highest BCUT2D eigenvalue weighted by molar-refractivity contribution is 7.89. The molecule has 1 unspecified atom stereocenters.